The second-order valence-corrected chi connectivity index (χ2v) is 7.77. The summed E-state index contributed by atoms with van der Waals surface area (Å²) in [5, 5.41) is 4.62. The Bertz CT molecular complexity index is 828. The normalized spacial score (nSPS) is 17.2. The lowest BCUT2D eigenvalue weighted by Crippen LogP contribution is -2.24. The van der Waals surface area contributed by atoms with Crippen LogP contribution in [0.1, 0.15) is 45.7 Å². The molecule has 0 N–H and O–H groups in total. The highest BCUT2D eigenvalue weighted by Gasteiger charge is 2.20. The number of carbonyl (C=O) groups excluding carboxylic acids is 1. The third-order valence-corrected chi connectivity index (χ3v) is 4.48. The molecule has 1 fully saturated rings. The van der Waals surface area contributed by atoms with E-state index in [1.165, 1.54) is 0 Å². The van der Waals surface area contributed by atoms with E-state index in [9.17, 15) is 4.79 Å². The molecule has 7 heteroatoms. The Balaban J connectivity index is 1.67. The standard InChI is InChI=1S/C21H27N3O4/c1-21(2,3)18-14-19(22-15-25)24(23-18)16-7-6-8-17(13-16)26-11-12-28-20-9-4-5-10-27-20/h6-8,13-14,20H,4-5,9-12H2,1-3H3. The summed E-state index contributed by atoms with van der Waals surface area (Å²) in [6, 6.07) is 9.30. The van der Waals surface area contributed by atoms with Crippen molar-refractivity contribution in [3.63, 3.8) is 0 Å². The van der Waals surface area contributed by atoms with Gasteiger partial charge in [0, 0.05) is 24.2 Å². The predicted molar refractivity (Wildman–Crippen MR) is 105 cm³/mol. The maximum atomic E-state index is 10.8. The van der Waals surface area contributed by atoms with Crippen LogP contribution in [-0.2, 0) is 19.7 Å². The third-order valence-electron chi connectivity index (χ3n) is 4.48. The average Bonchev–Trinajstić information content (AvgIpc) is 3.11. The van der Waals surface area contributed by atoms with Gasteiger partial charge in [-0.05, 0) is 31.4 Å². The first-order chi connectivity index (χ1) is 13.5. The first-order valence-corrected chi connectivity index (χ1v) is 9.62. The van der Waals surface area contributed by atoms with Crippen molar-refractivity contribution in [1.29, 1.82) is 0 Å². The van der Waals surface area contributed by atoms with Gasteiger partial charge in [0.25, 0.3) is 0 Å². The van der Waals surface area contributed by atoms with E-state index in [-0.39, 0.29) is 11.7 Å². The minimum absolute atomic E-state index is 0.118. The topological polar surface area (TPSA) is 74.9 Å². The molecule has 2 aromatic rings. The highest BCUT2D eigenvalue weighted by molar-refractivity contribution is 5.51. The molecular weight excluding hydrogens is 358 g/mol. The summed E-state index contributed by atoms with van der Waals surface area (Å²) in [6.07, 6.45) is 4.66. The van der Waals surface area contributed by atoms with Crippen LogP contribution in [0, 0.1) is 0 Å². The maximum absolute atomic E-state index is 10.8. The molecule has 28 heavy (non-hydrogen) atoms. The molecule has 0 amide bonds. The summed E-state index contributed by atoms with van der Waals surface area (Å²) in [5.41, 5.74) is 1.44. The molecular formula is C21H27N3O4. The van der Waals surface area contributed by atoms with Crippen LogP contribution in [0.5, 0.6) is 5.75 Å². The number of hydrogen-bond donors (Lipinski definition) is 0. The van der Waals surface area contributed by atoms with Gasteiger partial charge in [0.15, 0.2) is 12.1 Å². The van der Waals surface area contributed by atoms with Gasteiger partial charge in [0.05, 0.1) is 18.0 Å². The predicted octanol–water partition coefficient (Wildman–Crippen LogP) is 4.06. The molecule has 7 nitrogen and oxygen atoms in total. The van der Waals surface area contributed by atoms with E-state index in [0.717, 1.165) is 37.3 Å². The van der Waals surface area contributed by atoms with Crippen molar-refractivity contribution in [2.75, 3.05) is 19.8 Å². The molecule has 1 atom stereocenters. The molecule has 3 rings (SSSR count). The molecule has 0 radical (unpaired) electrons. The number of isocyanates is 1. The van der Waals surface area contributed by atoms with Crippen LogP contribution >= 0.6 is 0 Å². The van der Waals surface area contributed by atoms with E-state index in [0.29, 0.717) is 24.8 Å². The van der Waals surface area contributed by atoms with Crippen molar-refractivity contribution in [2.45, 2.75) is 51.7 Å². The first-order valence-electron chi connectivity index (χ1n) is 9.62. The number of aliphatic imine (C=N–C) groups is 1. The molecule has 0 aliphatic carbocycles. The van der Waals surface area contributed by atoms with Gasteiger partial charge >= 0.3 is 0 Å². The largest absolute Gasteiger partial charge is 0.491 e. The SMILES string of the molecule is CC(C)(C)c1cc(N=C=O)n(-c2cccc(OCCOC3CCCCO3)c2)n1. The minimum atomic E-state index is -0.162. The quantitative estimate of drug-likeness (QED) is 0.408. The van der Waals surface area contributed by atoms with Crippen LogP contribution in [0.25, 0.3) is 5.69 Å². The van der Waals surface area contributed by atoms with E-state index in [2.05, 4.69) is 30.9 Å². The summed E-state index contributed by atoms with van der Waals surface area (Å²) in [6.45, 7) is 7.83. The highest BCUT2D eigenvalue weighted by Crippen LogP contribution is 2.28. The zero-order valence-corrected chi connectivity index (χ0v) is 16.7. The Morgan fingerprint density at radius 1 is 1.29 bits per heavy atom. The smallest absolute Gasteiger partial charge is 0.242 e. The summed E-state index contributed by atoms with van der Waals surface area (Å²) in [7, 11) is 0. The van der Waals surface area contributed by atoms with E-state index in [1.807, 2.05) is 24.3 Å². The van der Waals surface area contributed by atoms with Gasteiger partial charge in [-0.2, -0.15) is 5.10 Å². The number of hydrogen-bond acceptors (Lipinski definition) is 6. The van der Waals surface area contributed by atoms with Crippen LogP contribution in [0.15, 0.2) is 35.3 Å². The second-order valence-electron chi connectivity index (χ2n) is 7.77. The highest BCUT2D eigenvalue weighted by atomic mass is 16.7. The van der Waals surface area contributed by atoms with Gasteiger partial charge in [-0.3, -0.25) is 0 Å². The third kappa shape index (κ3) is 5.29. The minimum Gasteiger partial charge on any atom is -0.491 e. The molecule has 1 aromatic heterocycles. The molecule has 1 aromatic carbocycles. The average molecular weight is 385 g/mol. The van der Waals surface area contributed by atoms with Gasteiger partial charge in [-0.15, -0.1) is 4.99 Å². The van der Waals surface area contributed by atoms with Gasteiger partial charge in [0.2, 0.25) is 6.08 Å². The zero-order valence-electron chi connectivity index (χ0n) is 16.7. The fourth-order valence-electron chi connectivity index (χ4n) is 2.94. The molecule has 1 aliphatic heterocycles. The van der Waals surface area contributed by atoms with Gasteiger partial charge < -0.3 is 14.2 Å². The van der Waals surface area contributed by atoms with E-state index in [1.54, 1.807) is 16.8 Å². The van der Waals surface area contributed by atoms with Crippen LogP contribution in [0.4, 0.5) is 5.82 Å². The fraction of sp³-hybridized carbons (Fsp3) is 0.524. The molecule has 0 saturated carbocycles. The van der Waals surface area contributed by atoms with Crippen molar-refractivity contribution in [3.05, 3.63) is 36.0 Å². The Hall–Kier alpha value is -2.47. The number of aromatic nitrogens is 2. The number of nitrogens with zero attached hydrogens (tertiary/aromatic N) is 3. The summed E-state index contributed by atoms with van der Waals surface area (Å²) in [5.74, 6) is 1.13. The Morgan fingerprint density at radius 2 is 2.14 bits per heavy atom. The molecule has 1 aliphatic rings. The molecule has 0 bridgehead atoms. The lowest BCUT2D eigenvalue weighted by atomic mass is 9.92. The van der Waals surface area contributed by atoms with Crippen LogP contribution < -0.4 is 4.74 Å². The Morgan fingerprint density at radius 3 is 2.86 bits per heavy atom. The van der Waals surface area contributed by atoms with Crippen molar-refractivity contribution in [1.82, 2.24) is 9.78 Å². The van der Waals surface area contributed by atoms with Gasteiger partial charge in [0.1, 0.15) is 12.4 Å². The van der Waals surface area contributed by atoms with Gasteiger partial charge in [-0.25, -0.2) is 9.48 Å². The lowest BCUT2D eigenvalue weighted by molar-refractivity contribution is -0.165. The summed E-state index contributed by atoms with van der Waals surface area (Å²) < 4.78 is 18.7. The van der Waals surface area contributed by atoms with E-state index in [4.69, 9.17) is 14.2 Å². The molecule has 150 valence electrons. The van der Waals surface area contributed by atoms with Gasteiger partial charge in [-0.1, -0.05) is 26.8 Å². The monoisotopic (exact) mass is 385 g/mol. The molecule has 0 spiro atoms. The van der Waals surface area contributed by atoms with Crippen LogP contribution in [0.3, 0.4) is 0 Å². The van der Waals surface area contributed by atoms with Crippen LogP contribution in [0.2, 0.25) is 0 Å². The molecule has 2 heterocycles. The number of rotatable bonds is 7. The Kier molecular flexibility index (Phi) is 6.62. The molecule has 1 unspecified atom stereocenters. The molecule has 1 saturated heterocycles. The van der Waals surface area contributed by atoms with Crippen molar-refractivity contribution < 1.29 is 19.0 Å². The second kappa shape index (κ2) is 9.15. The fourth-order valence-corrected chi connectivity index (χ4v) is 2.94. The maximum Gasteiger partial charge on any atom is 0.242 e. The van der Waals surface area contributed by atoms with Crippen molar-refractivity contribution >= 4 is 11.9 Å². The van der Waals surface area contributed by atoms with Crippen LogP contribution in [-0.4, -0.2) is 42.0 Å². The first kappa shape index (κ1) is 20.3. The van der Waals surface area contributed by atoms with E-state index < -0.39 is 0 Å². The number of ether oxygens (including phenoxy) is 3. The zero-order chi connectivity index (χ0) is 20.0. The van der Waals surface area contributed by atoms with Crippen molar-refractivity contribution in [2.24, 2.45) is 4.99 Å². The summed E-state index contributed by atoms with van der Waals surface area (Å²) >= 11 is 0. The summed E-state index contributed by atoms with van der Waals surface area (Å²) in [4.78, 5) is 14.6. The Labute approximate surface area is 165 Å². The van der Waals surface area contributed by atoms with Crippen molar-refractivity contribution in [3.8, 4) is 11.4 Å². The number of benzene rings is 1. The van der Waals surface area contributed by atoms with E-state index >= 15 is 0 Å². The lowest BCUT2D eigenvalue weighted by Gasteiger charge is -2.22.